The first kappa shape index (κ1) is 14.8. The van der Waals surface area contributed by atoms with Gasteiger partial charge in [-0.1, -0.05) is 6.92 Å². The fourth-order valence-corrected chi connectivity index (χ4v) is 2.04. The van der Waals surface area contributed by atoms with Gasteiger partial charge in [0, 0.05) is 12.1 Å². The molecule has 0 saturated heterocycles. The van der Waals surface area contributed by atoms with E-state index in [1.165, 1.54) is 25.3 Å². The molecule has 2 rings (SSSR count). The van der Waals surface area contributed by atoms with E-state index in [0.29, 0.717) is 12.2 Å². The molecule has 0 aromatic heterocycles. The molecule has 8 heteroatoms. The zero-order chi connectivity index (χ0) is 15.6. The number of carbonyl (C=O) groups excluding carboxylic acids is 2. The van der Waals surface area contributed by atoms with Crippen LogP contribution >= 0.6 is 0 Å². The van der Waals surface area contributed by atoms with Crippen molar-refractivity contribution in [2.24, 2.45) is 0 Å². The van der Waals surface area contributed by atoms with Crippen LogP contribution in [-0.2, 0) is 14.3 Å². The Morgan fingerprint density at radius 1 is 1.52 bits per heavy atom. The van der Waals surface area contributed by atoms with Crippen LogP contribution in [0.1, 0.15) is 13.3 Å². The number of amides is 1. The van der Waals surface area contributed by atoms with E-state index in [4.69, 9.17) is 4.74 Å². The number of benzene rings is 1. The van der Waals surface area contributed by atoms with Gasteiger partial charge in [0.2, 0.25) is 0 Å². The molecule has 1 atom stereocenters. The summed E-state index contributed by atoms with van der Waals surface area (Å²) in [5.74, 6) is -0.704. The van der Waals surface area contributed by atoms with E-state index in [0.717, 1.165) is 4.90 Å². The summed E-state index contributed by atoms with van der Waals surface area (Å²) in [6.07, 6.45) is -0.295. The third kappa shape index (κ3) is 2.78. The Bertz CT molecular complexity index is 600. The molecule has 0 aliphatic carbocycles. The summed E-state index contributed by atoms with van der Waals surface area (Å²) in [4.78, 5) is 35.2. The SMILES string of the molecule is CCC1Oc2ccc([N+](=O)[O-])cc2N(CC(=O)OC)C1=O. The van der Waals surface area contributed by atoms with E-state index in [9.17, 15) is 19.7 Å². The fraction of sp³-hybridized carbons (Fsp3) is 0.385. The Labute approximate surface area is 120 Å². The lowest BCUT2D eigenvalue weighted by atomic mass is 10.1. The normalized spacial score (nSPS) is 17.0. The maximum Gasteiger partial charge on any atom is 0.325 e. The van der Waals surface area contributed by atoms with Gasteiger partial charge in [0.25, 0.3) is 11.6 Å². The number of nitro groups is 1. The number of nitrogens with zero attached hydrogens (tertiary/aromatic N) is 2. The average molecular weight is 294 g/mol. The van der Waals surface area contributed by atoms with Crippen LogP contribution in [0.15, 0.2) is 18.2 Å². The largest absolute Gasteiger partial charge is 0.478 e. The van der Waals surface area contributed by atoms with Crippen LogP contribution in [0.2, 0.25) is 0 Å². The van der Waals surface area contributed by atoms with Gasteiger partial charge in [-0.2, -0.15) is 0 Å². The minimum atomic E-state index is -0.719. The molecule has 1 heterocycles. The molecule has 0 fully saturated rings. The van der Waals surface area contributed by atoms with Gasteiger partial charge in [0.15, 0.2) is 6.10 Å². The molecule has 1 aromatic rings. The van der Waals surface area contributed by atoms with Crippen molar-refractivity contribution in [1.29, 1.82) is 0 Å². The average Bonchev–Trinajstić information content (AvgIpc) is 2.48. The Balaban J connectivity index is 2.46. The van der Waals surface area contributed by atoms with Gasteiger partial charge in [0.1, 0.15) is 12.3 Å². The summed E-state index contributed by atoms with van der Waals surface area (Å²) in [5.41, 5.74) is 0.0132. The molecule has 1 amide bonds. The Morgan fingerprint density at radius 3 is 2.81 bits per heavy atom. The predicted molar refractivity (Wildman–Crippen MR) is 72.2 cm³/mol. The Morgan fingerprint density at radius 2 is 2.24 bits per heavy atom. The smallest absolute Gasteiger partial charge is 0.325 e. The van der Waals surface area contributed by atoms with E-state index < -0.39 is 22.9 Å². The van der Waals surface area contributed by atoms with E-state index in [1.807, 2.05) is 0 Å². The molecule has 0 radical (unpaired) electrons. The number of fused-ring (bicyclic) bond motifs is 1. The number of hydrogen-bond acceptors (Lipinski definition) is 6. The zero-order valence-corrected chi connectivity index (χ0v) is 11.6. The van der Waals surface area contributed by atoms with Crippen molar-refractivity contribution in [2.75, 3.05) is 18.6 Å². The maximum absolute atomic E-state index is 12.3. The highest BCUT2D eigenvalue weighted by Crippen LogP contribution is 2.37. The summed E-state index contributed by atoms with van der Waals surface area (Å²) < 4.78 is 10.1. The molecule has 8 nitrogen and oxygen atoms in total. The van der Waals surface area contributed by atoms with Crippen molar-refractivity contribution in [2.45, 2.75) is 19.4 Å². The van der Waals surface area contributed by atoms with Crippen LogP contribution in [0.25, 0.3) is 0 Å². The van der Waals surface area contributed by atoms with Crippen LogP contribution in [0.4, 0.5) is 11.4 Å². The van der Waals surface area contributed by atoms with Gasteiger partial charge < -0.3 is 9.47 Å². The molecule has 1 unspecified atom stereocenters. The molecule has 112 valence electrons. The van der Waals surface area contributed by atoms with Crippen molar-refractivity contribution in [3.05, 3.63) is 28.3 Å². The standard InChI is InChI=1S/C13H14N2O6/c1-3-10-13(17)14(7-12(16)20-2)9-6-8(15(18)19)4-5-11(9)21-10/h4-6,10H,3,7H2,1-2H3. The monoisotopic (exact) mass is 294 g/mol. The summed E-state index contributed by atoms with van der Waals surface area (Å²) in [6.45, 7) is 1.46. The molecule has 1 aliphatic heterocycles. The second-order valence-corrected chi connectivity index (χ2v) is 4.42. The molecule has 1 aromatic carbocycles. The number of hydrogen-bond donors (Lipinski definition) is 0. The molecule has 1 aliphatic rings. The van der Waals surface area contributed by atoms with Gasteiger partial charge >= 0.3 is 5.97 Å². The first-order valence-corrected chi connectivity index (χ1v) is 6.31. The highest BCUT2D eigenvalue weighted by molar-refractivity contribution is 6.03. The molecular formula is C13H14N2O6. The highest BCUT2D eigenvalue weighted by Gasteiger charge is 2.35. The molecule has 0 bridgehead atoms. The highest BCUT2D eigenvalue weighted by atomic mass is 16.6. The first-order valence-electron chi connectivity index (χ1n) is 6.31. The number of non-ortho nitro benzene ring substituents is 1. The molecule has 0 saturated carbocycles. The quantitative estimate of drug-likeness (QED) is 0.471. The minimum absolute atomic E-state index is 0.185. The van der Waals surface area contributed by atoms with Crippen LogP contribution in [-0.4, -0.2) is 36.6 Å². The topological polar surface area (TPSA) is 99.0 Å². The lowest BCUT2D eigenvalue weighted by molar-refractivity contribution is -0.384. The molecule has 0 spiro atoms. The van der Waals surface area contributed by atoms with Crippen molar-refractivity contribution in [1.82, 2.24) is 0 Å². The van der Waals surface area contributed by atoms with Gasteiger partial charge in [-0.25, -0.2) is 0 Å². The number of ether oxygens (including phenoxy) is 2. The van der Waals surface area contributed by atoms with Crippen molar-refractivity contribution in [3.8, 4) is 5.75 Å². The second kappa shape index (κ2) is 5.78. The van der Waals surface area contributed by atoms with Crippen molar-refractivity contribution in [3.63, 3.8) is 0 Å². The summed E-state index contributed by atoms with van der Waals surface area (Å²) in [5, 5.41) is 10.8. The van der Waals surface area contributed by atoms with Gasteiger partial charge in [-0.05, 0) is 12.5 Å². The third-order valence-corrected chi connectivity index (χ3v) is 3.14. The van der Waals surface area contributed by atoms with Gasteiger partial charge in [-0.3, -0.25) is 24.6 Å². The number of carbonyl (C=O) groups is 2. The summed E-state index contributed by atoms with van der Waals surface area (Å²) in [7, 11) is 1.21. The number of esters is 1. The number of methoxy groups -OCH3 is 1. The molecule has 21 heavy (non-hydrogen) atoms. The third-order valence-electron chi connectivity index (χ3n) is 3.14. The Hall–Kier alpha value is -2.64. The number of nitro benzene ring substituents is 1. The predicted octanol–water partition coefficient (Wildman–Crippen LogP) is 1.27. The number of rotatable bonds is 4. The maximum atomic E-state index is 12.3. The van der Waals surface area contributed by atoms with Crippen molar-refractivity contribution >= 4 is 23.3 Å². The number of anilines is 1. The van der Waals surface area contributed by atoms with Crippen LogP contribution in [0, 0.1) is 10.1 Å². The van der Waals surface area contributed by atoms with E-state index in [2.05, 4.69) is 4.74 Å². The first-order chi connectivity index (χ1) is 9.97. The Kier molecular flexibility index (Phi) is 4.06. The van der Waals surface area contributed by atoms with E-state index in [-0.39, 0.29) is 17.9 Å². The van der Waals surface area contributed by atoms with Gasteiger partial charge in [-0.15, -0.1) is 0 Å². The second-order valence-electron chi connectivity index (χ2n) is 4.42. The fourth-order valence-electron chi connectivity index (χ4n) is 2.04. The van der Waals surface area contributed by atoms with Crippen LogP contribution in [0.5, 0.6) is 5.75 Å². The van der Waals surface area contributed by atoms with Crippen LogP contribution < -0.4 is 9.64 Å². The summed E-state index contributed by atoms with van der Waals surface area (Å²) >= 11 is 0. The van der Waals surface area contributed by atoms with Gasteiger partial charge in [0.05, 0.1) is 17.7 Å². The minimum Gasteiger partial charge on any atom is -0.478 e. The zero-order valence-electron chi connectivity index (χ0n) is 11.6. The van der Waals surface area contributed by atoms with Crippen molar-refractivity contribution < 1.29 is 24.0 Å². The lowest BCUT2D eigenvalue weighted by Gasteiger charge is -2.33. The molecule has 0 N–H and O–H groups in total. The summed E-state index contributed by atoms with van der Waals surface area (Å²) in [6, 6.07) is 3.92. The molecular weight excluding hydrogens is 280 g/mol. The van der Waals surface area contributed by atoms with Crippen LogP contribution in [0.3, 0.4) is 0 Å². The van der Waals surface area contributed by atoms with E-state index >= 15 is 0 Å². The van der Waals surface area contributed by atoms with E-state index in [1.54, 1.807) is 6.92 Å². The lowest BCUT2D eigenvalue weighted by Crippen LogP contribution is -2.47.